The quantitative estimate of drug-likeness (QED) is 0.427. The first kappa shape index (κ1) is 22.7. The van der Waals surface area contributed by atoms with E-state index < -0.39 is 5.25 Å². The number of nitrogens with zero attached hydrogens (tertiary/aromatic N) is 3. The van der Waals surface area contributed by atoms with Crippen LogP contribution >= 0.6 is 35.0 Å². The van der Waals surface area contributed by atoms with Crippen molar-refractivity contribution in [3.05, 3.63) is 74.7 Å². The first-order valence-electron chi connectivity index (χ1n) is 10.4. The van der Waals surface area contributed by atoms with Crippen LogP contribution in [0, 0.1) is 11.3 Å². The molecule has 8 heteroatoms. The van der Waals surface area contributed by atoms with E-state index in [4.69, 9.17) is 23.2 Å². The van der Waals surface area contributed by atoms with Gasteiger partial charge in [0.1, 0.15) is 16.7 Å². The minimum absolute atomic E-state index is 0.00814. The van der Waals surface area contributed by atoms with Crippen molar-refractivity contribution < 1.29 is 9.59 Å². The average Bonchev–Trinajstić information content (AvgIpc) is 3.13. The number of anilines is 1. The van der Waals surface area contributed by atoms with Gasteiger partial charge in [-0.05, 0) is 61.6 Å². The molecule has 0 spiro atoms. The Morgan fingerprint density at radius 2 is 1.81 bits per heavy atom. The first-order chi connectivity index (χ1) is 15.5. The highest BCUT2D eigenvalue weighted by molar-refractivity contribution is 8.05. The second-order valence-electron chi connectivity index (χ2n) is 7.70. The third-order valence-corrected chi connectivity index (χ3v) is 7.43. The van der Waals surface area contributed by atoms with E-state index in [0.717, 1.165) is 24.8 Å². The summed E-state index contributed by atoms with van der Waals surface area (Å²) in [5.41, 5.74) is 1.38. The zero-order valence-electron chi connectivity index (χ0n) is 17.3. The van der Waals surface area contributed by atoms with E-state index in [0.29, 0.717) is 40.3 Å². The minimum Gasteiger partial charge on any atom is -0.338 e. The molecule has 0 aliphatic carbocycles. The molecule has 2 saturated heterocycles. The van der Waals surface area contributed by atoms with Crippen LogP contribution in [0.15, 0.2) is 59.1 Å². The molecule has 2 aromatic rings. The second-order valence-corrected chi connectivity index (χ2v) is 9.74. The van der Waals surface area contributed by atoms with Gasteiger partial charge in [-0.25, -0.2) is 0 Å². The Morgan fingerprint density at radius 1 is 1.09 bits per heavy atom. The van der Waals surface area contributed by atoms with Gasteiger partial charge in [0.15, 0.2) is 0 Å². The smallest absolute Gasteiger partial charge is 0.267 e. The van der Waals surface area contributed by atoms with Gasteiger partial charge in [0, 0.05) is 28.8 Å². The van der Waals surface area contributed by atoms with Crippen LogP contribution in [0.3, 0.4) is 0 Å². The fourth-order valence-corrected chi connectivity index (χ4v) is 5.62. The largest absolute Gasteiger partial charge is 0.338 e. The van der Waals surface area contributed by atoms with Gasteiger partial charge >= 0.3 is 0 Å². The lowest BCUT2D eigenvalue weighted by Crippen LogP contribution is -2.37. The number of thioether (sulfide) groups is 1. The van der Waals surface area contributed by atoms with E-state index in [-0.39, 0.29) is 17.4 Å². The maximum absolute atomic E-state index is 13.5. The summed E-state index contributed by atoms with van der Waals surface area (Å²) in [4.78, 5) is 29.9. The van der Waals surface area contributed by atoms with Crippen LogP contribution in [-0.2, 0) is 16.0 Å². The third-order valence-electron chi connectivity index (χ3n) is 5.56. The highest BCUT2D eigenvalue weighted by Gasteiger charge is 2.41. The molecule has 1 atom stereocenters. The van der Waals surface area contributed by atoms with E-state index in [2.05, 4.69) is 6.07 Å². The van der Waals surface area contributed by atoms with E-state index in [1.54, 1.807) is 35.2 Å². The number of carbonyl (C=O) groups excluding carboxylic acids is 2. The highest BCUT2D eigenvalue weighted by atomic mass is 35.5. The van der Waals surface area contributed by atoms with Gasteiger partial charge < -0.3 is 4.90 Å². The Kier molecular flexibility index (Phi) is 7.10. The number of nitriles is 1. The Hall–Kier alpha value is -2.46. The topological polar surface area (TPSA) is 64.4 Å². The monoisotopic (exact) mass is 485 g/mol. The number of hydrogen-bond acceptors (Lipinski definition) is 4. The van der Waals surface area contributed by atoms with E-state index in [1.165, 1.54) is 16.7 Å². The predicted molar refractivity (Wildman–Crippen MR) is 129 cm³/mol. The van der Waals surface area contributed by atoms with Crippen LogP contribution in [0.4, 0.5) is 5.69 Å². The summed E-state index contributed by atoms with van der Waals surface area (Å²) in [5, 5.41) is 10.9. The number of hydrogen-bond donors (Lipinski definition) is 0. The van der Waals surface area contributed by atoms with Crippen LogP contribution in [0.2, 0.25) is 10.0 Å². The molecule has 0 bridgehead atoms. The van der Waals surface area contributed by atoms with E-state index in [9.17, 15) is 14.9 Å². The summed E-state index contributed by atoms with van der Waals surface area (Å²) in [5.74, 6) is -0.503. The van der Waals surface area contributed by atoms with Gasteiger partial charge in [0.25, 0.3) is 5.91 Å². The Morgan fingerprint density at radius 3 is 2.50 bits per heavy atom. The molecular formula is C24H21Cl2N3O2S. The summed E-state index contributed by atoms with van der Waals surface area (Å²) in [6.07, 6.45) is 3.26. The van der Waals surface area contributed by atoms with Gasteiger partial charge in [0.05, 0.1) is 5.25 Å². The zero-order chi connectivity index (χ0) is 22.7. The number of carbonyl (C=O) groups is 2. The maximum atomic E-state index is 13.5. The highest BCUT2D eigenvalue weighted by Crippen LogP contribution is 2.42. The lowest BCUT2D eigenvalue weighted by atomic mass is 10.1. The number of likely N-dealkylation sites (tertiary alicyclic amines) is 1. The minimum atomic E-state index is -0.529. The van der Waals surface area contributed by atoms with Gasteiger partial charge in [-0.15, -0.1) is 0 Å². The number of benzene rings is 2. The first-order valence-corrected chi connectivity index (χ1v) is 12.1. The SMILES string of the molecule is N#C/C(C(=O)N1CCCCC1)=C1/S[C@@H](Cc2cc(Cl)ccc2Cl)C(=O)N1c1ccccc1. The lowest BCUT2D eigenvalue weighted by Gasteiger charge is -2.27. The van der Waals surface area contributed by atoms with Crippen molar-refractivity contribution in [2.45, 2.75) is 30.9 Å². The molecule has 0 saturated carbocycles. The summed E-state index contributed by atoms with van der Waals surface area (Å²) in [6, 6.07) is 16.3. The van der Waals surface area contributed by atoms with Crippen molar-refractivity contribution in [3.8, 4) is 6.07 Å². The second kappa shape index (κ2) is 9.99. The molecule has 0 aromatic heterocycles. The van der Waals surface area contributed by atoms with Crippen molar-refractivity contribution in [3.63, 3.8) is 0 Å². The average molecular weight is 486 g/mol. The standard InChI is InChI=1S/C24H21Cl2N3O2S/c25-17-9-10-20(26)16(13-17)14-21-23(31)29(18-7-3-1-4-8-18)24(32-21)19(15-27)22(30)28-11-5-2-6-12-28/h1,3-4,7-10,13,21H,2,5-6,11-12,14H2/b24-19-/t21-/m0/s1. The number of amides is 2. The lowest BCUT2D eigenvalue weighted by molar-refractivity contribution is -0.127. The van der Waals surface area contributed by atoms with Crippen molar-refractivity contribution >= 4 is 52.5 Å². The fourth-order valence-electron chi connectivity index (χ4n) is 3.94. The molecule has 2 aliphatic rings. The van der Waals surface area contributed by atoms with E-state index >= 15 is 0 Å². The van der Waals surface area contributed by atoms with Crippen LogP contribution in [-0.4, -0.2) is 35.1 Å². The van der Waals surface area contributed by atoms with Gasteiger partial charge in [-0.3, -0.25) is 14.5 Å². The molecule has 2 heterocycles. The molecule has 0 N–H and O–H groups in total. The van der Waals surface area contributed by atoms with Gasteiger partial charge in [-0.2, -0.15) is 5.26 Å². The molecule has 0 unspecified atom stereocenters. The van der Waals surface area contributed by atoms with Crippen LogP contribution in [0.1, 0.15) is 24.8 Å². The van der Waals surface area contributed by atoms with Crippen molar-refractivity contribution in [1.29, 1.82) is 5.26 Å². The van der Waals surface area contributed by atoms with Crippen molar-refractivity contribution in [2.24, 2.45) is 0 Å². The van der Waals surface area contributed by atoms with Crippen LogP contribution < -0.4 is 4.90 Å². The summed E-state index contributed by atoms with van der Waals surface area (Å²) < 4.78 is 0. The van der Waals surface area contributed by atoms with Gasteiger partial charge in [-0.1, -0.05) is 53.2 Å². The third kappa shape index (κ3) is 4.66. The Labute approximate surface area is 201 Å². The predicted octanol–water partition coefficient (Wildman–Crippen LogP) is 5.43. The number of rotatable bonds is 4. The maximum Gasteiger partial charge on any atom is 0.267 e. The molecule has 0 radical (unpaired) electrons. The number of para-hydroxylation sites is 1. The van der Waals surface area contributed by atoms with Gasteiger partial charge in [0.2, 0.25) is 5.91 Å². The van der Waals surface area contributed by atoms with Crippen LogP contribution in [0.5, 0.6) is 0 Å². The molecular weight excluding hydrogens is 465 g/mol. The number of piperidine rings is 1. The van der Waals surface area contributed by atoms with E-state index in [1.807, 2.05) is 18.2 Å². The molecule has 2 amide bonds. The number of halogens is 2. The normalized spacial score (nSPS) is 20.3. The molecule has 2 aliphatic heterocycles. The van der Waals surface area contributed by atoms with Crippen LogP contribution in [0.25, 0.3) is 0 Å². The van der Waals surface area contributed by atoms with Crippen molar-refractivity contribution in [1.82, 2.24) is 4.90 Å². The summed E-state index contributed by atoms with van der Waals surface area (Å²) in [7, 11) is 0. The molecule has 4 rings (SSSR count). The fraction of sp³-hybridized carbons (Fsp3) is 0.292. The Bertz CT molecular complexity index is 1110. The summed E-state index contributed by atoms with van der Waals surface area (Å²) >= 11 is 13.7. The molecule has 164 valence electrons. The molecule has 32 heavy (non-hydrogen) atoms. The molecule has 5 nitrogen and oxygen atoms in total. The zero-order valence-corrected chi connectivity index (χ0v) is 19.6. The molecule has 2 aromatic carbocycles. The molecule has 2 fully saturated rings. The Balaban J connectivity index is 1.73. The summed E-state index contributed by atoms with van der Waals surface area (Å²) in [6.45, 7) is 1.26. The van der Waals surface area contributed by atoms with Crippen molar-refractivity contribution in [2.75, 3.05) is 18.0 Å².